The third-order valence-corrected chi connectivity index (χ3v) is 4.11. The molecule has 0 bridgehead atoms. The van der Waals surface area contributed by atoms with Crippen LogP contribution in [-0.2, 0) is 13.2 Å². The molecule has 0 saturated carbocycles. The van der Waals surface area contributed by atoms with Crippen LogP contribution in [0.1, 0.15) is 49.4 Å². The van der Waals surface area contributed by atoms with Crippen LogP contribution in [0.3, 0.4) is 0 Å². The minimum atomic E-state index is 0.518. The van der Waals surface area contributed by atoms with Gasteiger partial charge < -0.3 is 10.1 Å². The minimum absolute atomic E-state index is 0.518. The van der Waals surface area contributed by atoms with E-state index in [2.05, 4.69) is 48.6 Å². The number of thiazole rings is 1. The number of hydrogen-bond donors (Lipinski definition) is 1. The predicted octanol–water partition coefficient (Wildman–Crippen LogP) is 4.35. The molecule has 0 atom stereocenters. The number of ether oxygens (including phenoxy) is 1. The molecule has 1 heterocycles. The number of nitrogens with zero attached hydrogens (tertiary/aromatic N) is 1. The molecule has 1 N–H and O–H groups in total. The van der Waals surface area contributed by atoms with E-state index in [4.69, 9.17) is 4.74 Å². The summed E-state index contributed by atoms with van der Waals surface area (Å²) in [5, 5.41) is 6.57. The Labute approximate surface area is 131 Å². The second kappa shape index (κ2) is 8.15. The van der Waals surface area contributed by atoms with E-state index < -0.39 is 0 Å². The van der Waals surface area contributed by atoms with Crippen LogP contribution in [-0.4, -0.2) is 11.5 Å². The summed E-state index contributed by atoms with van der Waals surface area (Å²) in [4.78, 5) is 4.59. The van der Waals surface area contributed by atoms with E-state index in [1.807, 2.05) is 12.1 Å². The fraction of sp³-hybridized carbons (Fsp3) is 0.471. The van der Waals surface area contributed by atoms with Crippen LogP contribution in [0.2, 0.25) is 0 Å². The normalized spacial score (nSPS) is 11.0. The molecule has 0 amide bonds. The minimum Gasteiger partial charge on any atom is -0.487 e. The third-order valence-electron chi connectivity index (χ3n) is 3.21. The number of benzene rings is 1. The smallest absolute Gasteiger partial charge is 0.131 e. The Morgan fingerprint density at radius 2 is 2.19 bits per heavy atom. The Morgan fingerprint density at radius 1 is 1.33 bits per heavy atom. The summed E-state index contributed by atoms with van der Waals surface area (Å²) in [5.41, 5.74) is 2.30. The Kier molecular flexibility index (Phi) is 6.21. The molecule has 0 fully saturated rings. The second-order valence-corrected chi connectivity index (χ2v) is 6.37. The first-order valence-electron chi connectivity index (χ1n) is 7.55. The summed E-state index contributed by atoms with van der Waals surface area (Å²) in [6, 6.07) is 8.30. The van der Waals surface area contributed by atoms with E-state index in [9.17, 15) is 0 Å². The quantitative estimate of drug-likeness (QED) is 0.736. The maximum Gasteiger partial charge on any atom is 0.131 e. The molecule has 0 radical (unpaired) electrons. The van der Waals surface area contributed by atoms with Gasteiger partial charge in [-0.05, 0) is 36.6 Å². The number of aromatic nitrogens is 1. The molecular formula is C17H24N2OS. The molecule has 0 spiro atoms. The van der Waals surface area contributed by atoms with Gasteiger partial charge in [0.2, 0.25) is 0 Å². The fourth-order valence-electron chi connectivity index (χ4n) is 1.99. The summed E-state index contributed by atoms with van der Waals surface area (Å²) in [6.07, 6.45) is 1.15. The molecule has 0 aliphatic rings. The van der Waals surface area contributed by atoms with Crippen molar-refractivity contribution in [2.45, 2.75) is 46.3 Å². The Hall–Kier alpha value is -1.39. The van der Waals surface area contributed by atoms with Gasteiger partial charge in [-0.3, -0.25) is 0 Å². The summed E-state index contributed by atoms with van der Waals surface area (Å²) in [6.45, 7) is 8.96. The van der Waals surface area contributed by atoms with Crippen molar-refractivity contribution in [3.63, 3.8) is 0 Å². The fourth-order valence-corrected chi connectivity index (χ4v) is 2.74. The van der Waals surface area contributed by atoms with E-state index in [-0.39, 0.29) is 0 Å². The zero-order valence-electron chi connectivity index (χ0n) is 13.1. The molecule has 4 heteroatoms. The molecule has 0 saturated heterocycles. The van der Waals surface area contributed by atoms with E-state index in [1.54, 1.807) is 11.3 Å². The second-order valence-electron chi connectivity index (χ2n) is 5.43. The van der Waals surface area contributed by atoms with Crippen molar-refractivity contribution in [1.82, 2.24) is 10.3 Å². The van der Waals surface area contributed by atoms with Crippen LogP contribution < -0.4 is 10.1 Å². The average Bonchev–Trinajstić information content (AvgIpc) is 2.94. The Morgan fingerprint density at radius 3 is 2.95 bits per heavy atom. The van der Waals surface area contributed by atoms with E-state index in [0.717, 1.165) is 36.0 Å². The van der Waals surface area contributed by atoms with Gasteiger partial charge in [-0.2, -0.15) is 0 Å². The van der Waals surface area contributed by atoms with Crippen molar-refractivity contribution < 1.29 is 4.74 Å². The maximum atomic E-state index is 5.85. The SMILES string of the molecule is CCCNCc1nc(COc2cccc(C(C)C)c2)cs1. The highest BCUT2D eigenvalue weighted by atomic mass is 32.1. The number of hydrogen-bond acceptors (Lipinski definition) is 4. The molecular weight excluding hydrogens is 280 g/mol. The highest BCUT2D eigenvalue weighted by Gasteiger charge is 2.04. The molecule has 0 aliphatic heterocycles. The lowest BCUT2D eigenvalue weighted by atomic mass is 10.0. The summed E-state index contributed by atoms with van der Waals surface area (Å²) in [5.74, 6) is 1.43. The summed E-state index contributed by atoms with van der Waals surface area (Å²) < 4.78 is 5.85. The average molecular weight is 304 g/mol. The first-order chi connectivity index (χ1) is 10.2. The molecule has 21 heavy (non-hydrogen) atoms. The standard InChI is InChI=1S/C17H24N2OS/c1-4-8-18-10-17-19-15(12-21-17)11-20-16-7-5-6-14(9-16)13(2)3/h5-7,9,12-13,18H,4,8,10-11H2,1-3H3. The highest BCUT2D eigenvalue weighted by molar-refractivity contribution is 7.09. The maximum absolute atomic E-state index is 5.85. The van der Waals surface area contributed by atoms with Crippen molar-refractivity contribution in [3.05, 3.63) is 45.9 Å². The lowest BCUT2D eigenvalue weighted by Gasteiger charge is -2.09. The van der Waals surface area contributed by atoms with E-state index in [0.29, 0.717) is 12.5 Å². The van der Waals surface area contributed by atoms with Crippen LogP contribution in [0.4, 0.5) is 0 Å². The number of rotatable bonds is 8. The van der Waals surface area contributed by atoms with Gasteiger partial charge in [0.05, 0.1) is 5.69 Å². The molecule has 114 valence electrons. The summed E-state index contributed by atoms with van der Waals surface area (Å²) in [7, 11) is 0. The predicted molar refractivity (Wildman–Crippen MR) is 89.0 cm³/mol. The van der Waals surface area contributed by atoms with E-state index in [1.165, 1.54) is 5.56 Å². The Balaban J connectivity index is 1.86. The van der Waals surface area contributed by atoms with Crippen LogP contribution in [0.5, 0.6) is 5.75 Å². The lowest BCUT2D eigenvalue weighted by Crippen LogP contribution is -2.13. The topological polar surface area (TPSA) is 34.2 Å². The third kappa shape index (κ3) is 5.14. The molecule has 2 aromatic rings. The zero-order chi connectivity index (χ0) is 15.1. The van der Waals surface area contributed by atoms with Crippen LogP contribution in [0.15, 0.2) is 29.6 Å². The van der Waals surface area contributed by atoms with Crippen molar-refractivity contribution in [2.24, 2.45) is 0 Å². The van der Waals surface area contributed by atoms with Gasteiger partial charge in [0, 0.05) is 11.9 Å². The Bertz CT molecular complexity index is 551. The first kappa shape index (κ1) is 16.0. The van der Waals surface area contributed by atoms with Gasteiger partial charge >= 0.3 is 0 Å². The molecule has 0 unspecified atom stereocenters. The molecule has 1 aromatic carbocycles. The molecule has 3 nitrogen and oxygen atoms in total. The first-order valence-corrected chi connectivity index (χ1v) is 8.43. The monoisotopic (exact) mass is 304 g/mol. The van der Waals surface area contributed by atoms with Crippen molar-refractivity contribution in [3.8, 4) is 5.75 Å². The number of nitrogens with one attached hydrogen (secondary N) is 1. The largest absolute Gasteiger partial charge is 0.487 e. The molecule has 1 aromatic heterocycles. The van der Waals surface area contributed by atoms with Gasteiger partial charge in [-0.25, -0.2) is 4.98 Å². The molecule has 0 aliphatic carbocycles. The van der Waals surface area contributed by atoms with Crippen molar-refractivity contribution >= 4 is 11.3 Å². The van der Waals surface area contributed by atoms with Crippen molar-refractivity contribution in [2.75, 3.05) is 6.54 Å². The molecule has 2 rings (SSSR count). The van der Waals surface area contributed by atoms with Gasteiger partial charge in [0.15, 0.2) is 0 Å². The van der Waals surface area contributed by atoms with Crippen LogP contribution in [0, 0.1) is 0 Å². The van der Waals surface area contributed by atoms with Crippen LogP contribution in [0.25, 0.3) is 0 Å². The van der Waals surface area contributed by atoms with Crippen molar-refractivity contribution in [1.29, 1.82) is 0 Å². The van der Waals surface area contributed by atoms with Gasteiger partial charge in [0.1, 0.15) is 17.4 Å². The highest BCUT2D eigenvalue weighted by Crippen LogP contribution is 2.21. The zero-order valence-corrected chi connectivity index (χ0v) is 13.9. The lowest BCUT2D eigenvalue weighted by molar-refractivity contribution is 0.301. The van der Waals surface area contributed by atoms with E-state index >= 15 is 0 Å². The van der Waals surface area contributed by atoms with Crippen LogP contribution >= 0.6 is 11.3 Å². The van der Waals surface area contributed by atoms with Gasteiger partial charge in [-0.1, -0.05) is 32.9 Å². The van der Waals surface area contributed by atoms with Gasteiger partial charge in [-0.15, -0.1) is 11.3 Å². The van der Waals surface area contributed by atoms with Gasteiger partial charge in [0.25, 0.3) is 0 Å². The summed E-state index contributed by atoms with van der Waals surface area (Å²) >= 11 is 1.69.